The van der Waals surface area contributed by atoms with Gasteiger partial charge in [0.15, 0.2) is 0 Å². The molecule has 20 heavy (non-hydrogen) atoms. The molecule has 0 saturated carbocycles. The van der Waals surface area contributed by atoms with Crippen LogP contribution >= 0.6 is 31.9 Å². The molecule has 0 heterocycles. The van der Waals surface area contributed by atoms with E-state index in [4.69, 9.17) is 0 Å². The predicted molar refractivity (Wildman–Crippen MR) is 89.4 cm³/mol. The standard InChI is InChI=1S/C13H20Br2N2O2S/c1-4-17(5-2)10(3)9-16-20(18,19)13-7-6-11(14)8-12(13)15/h6-8,10,16H,4-5,9H2,1-3H3. The van der Waals surface area contributed by atoms with Gasteiger partial charge in [-0.05, 0) is 54.1 Å². The zero-order chi connectivity index (χ0) is 15.3. The van der Waals surface area contributed by atoms with Crippen LogP contribution in [0, 0.1) is 0 Å². The first-order valence-corrected chi connectivity index (χ1v) is 9.57. The lowest BCUT2D eigenvalue weighted by molar-refractivity contribution is 0.232. The van der Waals surface area contributed by atoms with Crippen LogP contribution in [0.5, 0.6) is 0 Å². The minimum atomic E-state index is -3.50. The van der Waals surface area contributed by atoms with Crippen LogP contribution in [0.1, 0.15) is 20.8 Å². The lowest BCUT2D eigenvalue weighted by Crippen LogP contribution is -2.42. The van der Waals surface area contributed by atoms with E-state index in [1.165, 1.54) is 0 Å². The summed E-state index contributed by atoms with van der Waals surface area (Å²) in [5.41, 5.74) is 0. The number of hydrogen-bond acceptors (Lipinski definition) is 3. The van der Waals surface area contributed by atoms with Gasteiger partial charge in [-0.25, -0.2) is 13.1 Å². The molecule has 0 aliphatic carbocycles. The quantitative estimate of drug-likeness (QED) is 0.726. The van der Waals surface area contributed by atoms with Crippen molar-refractivity contribution in [3.05, 3.63) is 27.1 Å². The Hall–Kier alpha value is 0.0500. The van der Waals surface area contributed by atoms with Crippen molar-refractivity contribution in [3.8, 4) is 0 Å². The summed E-state index contributed by atoms with van der Waals surface area (Å²) in [6.45, 7) is 8.36. The molecule has 1 aromatic rings. The van der Waals surface area contributed by atoms with Crippen molar-refractivity contribution in [1.29, 1.82) is 0 Å². The van der Waals surface area contributed by atoms with Crippen LogP contribution in [0.25, 0.3) is 0 Å². The minimum Gasteiger partial charge on any atom is -0.300 e. The largest absolute Gasteiger partial charge is 0.300 e. The van der Waals surface area contributed by atoms with E-state index in [2.05, 4.69) is 55.3 Å². The third kappa shape index (κ3) is 4.80. The Balaban J connectivity index is 2.80. The van der Waals surface area contributed by atoms with Crippen LogP contribution in [0.2, 0.25) is 0 Å². The van der Waals surface area contributed by atoms with Crippen molar-refractivity contribution < 1.29 is 8.42 Å². The number of benzene rings is 1. The fraction of sp³-hybridized carbons (Fsp3) is 0.538. The molecule has 0 saturated heterocycles. The molecule has 0 aliphatic heterocycles. The van der Waals surface area contributed by atoms with Gasteiger partial charge >= 0.3 is 0 Å². The summed E-state index contributed by atoms with van der Waals surface area (Å²) >= 11 is 6.60. The van der Waals surface area contributed by atoms with E-state index in [1.54, 1.807) is 18.2 Å². The normalized spacial score (nSPS) is 13.7. The number of halogens is 2. The van der Waals surface area contributed by atoms with Crippen molar-refractivity contribution in [1.82, 2.24) is 9.62 Å². The Morgan fingerprint density at radius 3 is 2.35 bits per heavy atom. The predicted octanol–water partition coefficient (Wildman–Crippen LogP) is 3.22. The van der Waals surface area contributed by atoms with Gasteiger partial charge in [-0.2, -0.15) is 0 Å². The van der Waals surface area contributed by atoms with Crippen molar-refractivity contribution in [2.24, 2.45) is 0 Å². The maximum Gasteiger partial charge on any atom is 0.241 e. The molecular weight excluding hydrogens is 408 g/mol. The van der Waals surface area contributed by atoms with E-state index in [0.717, 1.165) is 17.6 Å². The molecule has 1 rings (SSSR count). The van der Waals surface area contributed by atoms with E-state index in [-0.39, 0.29) is 10.9 Å². The smallest absolute Gasteiger partial charge is 0.241 e. The number of rotatable bonds is 7. The summed E-state index contributed by atoms with van der Waals surface area (Å²) in [5, 5.41) is 0. The molecule has 1 atom stereocenters. The van der Waals surface area contributed by atoms with Gasteiger partial charge in [-0.1, -0.05) is 29.8 Å². The number of hydrogen-bond donors (Lipinski definition) is 1. The number of likely N-dealkylation sites (N-methyl/N-ethyl adjacent to an activating group) is 1. The first-order chi connectivity index (χ1) is 9.31. The SMILES string of the molecule is CCN(CC)C(C)CNS(=O)(=O)c1ccc(Br)cc1Br. The summed E-state index contributed by atoms with van der Waals surface area (Å²) in [6, 6.07) is 5.18. The lowest BCUT2D eigenvalue weighted by atomic mass is 10.3. The summed E-state index contributed by atoms with van der Waals surface area (Å²) in [5.74, 6) is 0. The van der Waals surface area contributed by atoms with Gasteiger partial charge in [0.05, 0.1) is 4.90 Å². The maximum absolute atomic E-state index is 12.3. The second-order valence-corrected chi connectivity index (χ2v) is 8.00. The Kier molecular flexibility index (Phi) is 7.14. The first-order valence-electron chi connectivity index (χ1n) is 6.50. The molecule has 0 aromatic heterocycles. The van der Waals surface area contributed by atoms with Crippen molar-refractivity contribution in [3.63, 3.8) is 0 Å². The molecule has 7 heteroatoms. The van der Waals surface area contributed by atoms with Gasteiger partial charge in [-0.3, -0.25) is 4.90 Å². The highest BCUT2D eigenvalue weighted by Gasteiger charge is 2.19. The summed E-state index contributed by atoms with van der Waals surface area (Å²) in [4.78, 5) is 2.46. The third-order valence-electron chi connectivity index (χ3n) is 3.19. The Bertz CT molecular complexity index is 545. The second kappa shape index (κ2) is 7.89. The summed E-state index contributed by atoms with van der Waals surface area (Å²) in [7, 11) is -3.50. The van der Waals surface area contributed by atoms with Gasteiger partial charge < -0.3 is 0 Å². The molecule has 1 N–H and O–H groups in total. The van der Waals surface area contributed by atoms with Crippen LogP contribution in [-0.4, -0.2) is 39.0 Å². The number of nitrogens with zero attached hydrogens (tertiary/aromatic N) is 1. The molecule has 1 aromatic carbocycles. The number of sulfonamides is 1. The Morgan fingerprint density at radius 2 is 1.85 bits per heavy atom. The molecular formula is C13H20Br2N2O2S. The zero-order valence-electron chi connectivity index (χ0n) is 11.9. The molecule has 0 bridgehead atoms. The third-order valence-corrected chi connectivity index (χ3v) is 6.08. The van der Waals surface area contributed by atoms with Crippen molar-refractivity contribution >= 4 is 41.9 Å². The minimum absolute atomic E-state index is 0.161. The highest BCUT2D eigenvalue weighted by molar-refractivity contribution is 9.11. The monoisotopic (exact) mass is 426 g/mol. The van der Waals surface area contributed by atoms with E-state index in [1.807, 2.05) is 6.92 Å². The van der Waals surface area contributed by atoms with E-state index in [0.29, 0.717) is 11.0 Å². The average molecular weight is 428 g/mol. The lowest BCUT2D eigenvalue weighted by Gasteiger charge is -2.26. The first kappa shape index (κ1) is 18.1. The van der Waals surface area contributed by atoms with E-state index >= 15 is 0 Å². The van der Waals surface area contributed by atoms with E-state index < -0.39 is 10.0 Å². The molecule has 114 valence electrons. The van der Waals surface area contributed by atoms with Crippen molar-refractivity contribution in [2.75, 3.05) is 19.6 Å². The highest BCUT2D eigenvalue weighted by Crippen LogP contribution is 2.25. The molecule has 0 spiro atoms. The summed E-state index contributed by atoms with van der Waals surface area (Å²) in [6.07, 6.45) is 0. The van der Waals surface area contributed by atoms with Crippen molar-refractivity contribution in [2.45, 2.75) is 31.7 Å². The average Bonchev–Trinajstić information content (AvgIpc) is 2.37. The molecule has 0 fully saturated rings. The van der Waals surface area contributed by atoms with Gasteiger partial charge in [0, 0.05) is 21.5 Å². The number of nitrogens with one attached hydrogen (secondary N) is 1. The second-order valence-electron chi connectivity index (χ2n) is 4.50. The molecule has 0 radical (unpaired) electrons. The van der Waals surface area contributed by atoms with Gasteiger partial charge in [0.2, 0.25) is 10.0 Å². The topological polar surface area (TPSA) is 49.4 Å². The summed E-state index contributed by atoms with van der Waals surface area (Å²) < 4.78 is 28.6. The molecule has 4 nitrogen and oxygen atoms in total. The molecule has 1 unspecified atom stereocenters. The van der Waals surface area contributed by atoms with Gasteiger partial charge in [-0.15, -0.1) is 0 Å². The van der Waals surface area contributed by atoms with Crippen LogP contribution in [0.3, 0.4) is 0 Å². The Labute approximate surface area is 138 Å². The van der Waals surface area contributed by atoms with Crippen LogP contribution < -0.4 is 4.72 Å². The maximum atomic E-state index is 12.3. The molecule has 0 amide bonds. The fourth-order valence-corrected chi connectivity index (χ4v) is 4.84. The van der Waals surface area contributed by atoms with Crippen LogP contribution in [-0.2, 0) is 10.0 Å². The zero-order valence-corrected chi connectivity index (χ0v) is 15.8. The van der Waals surface area contributed by atoms with Crippen LogP contribution in [0.15, 0.2) is 32.0 Å². The van der Waals surface area contributed by atoms with Crippen LogP contribution in [0.4, 0.5) is 0 Å². The van der Waals surface area contributed by atoms with Gasteiger partial charge in [0.1, 0.15) is 0 Å². The van der Waals surface area contributed by atoms with E-state index in [9.17, 15) is 8.42 Å². The fourth-order valence-electron chi connectivity index (χ4n) is 1.98. The highest BCUT2D eigenvalue weighted by atomic mass is 79.9. The Morgan fingerprint density at radius 1 is 1.25 bits per heavy atom. The molecule has 0 aliphatic rings. The van der Waals surface area contributed by atoms with Gasteiger partial charge in [0.25, 0.3) is 0 Å².